The molecule has 2 aromatic rings. The predicted molar refractivity (Wildman–Crippen MR) is 103 cm³/mol. The van der Waals surface area contributed by atoms with Crippen LogP contribution in [0.4, 0.5) is 0 Å². The van der Waals surface area contributed by atoms with Crippen LogP contribution in [-0.4, -0.2) is 23.0 Å². The highest BCUT2D eigenvalue weighted by molar-refractivity contribution is 6.53. The standard InChI is InChI=1S/C20H20BN3O3/c22-20(23)16-8-7-14(10-18(16)26-12-13-4-3-9-24-11-13)19-15-5-1-2-6-17(15)21(25)27-19/h1-4,6-11,15,19,25H,5,12H2,(H3,22,23). The van der Waals surface area contributed by atoms with Gasteiger partial charge in [0.2, 0.25) is 0 Å². The summed E-state index contributed by atoms with van der Waals surface area (Å²) in [5.74, 6) is 0.557. The smallest absolute Gasteiger partial charge is 0.487 e. The highest BCUT2D eigenvalue weighted by Gasteiger charge is 2.43. The lowest BCUT2D eigenvalue weighted by Crippen LogP contribution is -2.15. The van der Waals surface area contributed by atoms with Gasteiger partial charge in [0.1, 0.15) is 18.2 Å². The lowest BCUT2D eigenvalue weighted by Gasteiger charge is -2.22. The summed E-state index contributed by atoms with van der Waals surface area (Å²) in [5, 5.41) is 18.0. The van der Waals surface area contributed by atoms with E-state index in [2.05, 4.69) is 11.1 Å². The number of rotatable bonds is 5. The zero-order valence-corrected chi connectivity index (χ0v) is 14.7. The van der Waals surface area contributed by atoms with E-state index in [1.807, 2.05) is 36.4 Å². The summed E-state index contributed by atoms with van der Waals surface area (Å²) < 4.78 is 11.7. The molecular weight excluding hydrogens is 341 g/mol. The molecule has 0 spiro atoms. The van der Waals surface area contributed by atoms with Crippen molar-refractivity contribution in [3.05, 3.63) is 83.1 Å². The molecule has 0 saturated carbocycles. The maximum absolute atomic E-state index is 10.2. The Morgan fingerprint density at radius 2 is 2.30 bits per heavy atom. The number of hydrogen-bond donors (Lipinski definition) is 3. The molecule has 4 N–H and O–H groups in total. The van der Waals surface area contributed by atoms with E-state index < -0.39 is 7.12 Å². The predicted octanol–water partition coefficient (Wildman–Crippen LogP) is 2.54. The molecule has 2 atom stereocenters. The van der Waals surface area contributed by atoms with E-state index in [-0.39, 0.29) is 17.9 Å². The van der Waals surface area contributed by atoms with Gasteiger partial charge in [-0.3, -0.25) is 10.4 Å². The van der Waals surface area contributed by atoms with Crippen LogP contribution in [0.15, 0.2) is 66.4 Å². The number of nitrogen functional groups attached to an aromatic ring is 1. The summed E-state index contributed by atoms with van der Waals surface area (Å²) in [4.78, 5) is 4.08. The lowest BCUT2D eigenvalue weighted by atomic mass is 9.70. The maximum Gasteiger partial charge on any atom is 0.487 e. The number of nitrogens with two attached hydrogens (primary N) is 1. The molecule has 1 saturated heterocycles. The van der Waals surface area contributed by atoms with Crippen molar-refractivity contribution in [3.63, 3.8) is 0 Å². The monoisotopic (exact) mass is 361 g/mol. The van der Waals surface area contributed by atoms with Gasteiger partial charge in [-0.15, -0.1) is 0 Å². The Hall–Kier alpha value is -2.90. The first-order valence-electron chi connectivity index (χ1n) is 8.83. The first-order chi connectivity index (χ1) is 13.1. The third-order valence-corrected chi connectivity index (χ3v) is 4.91. The molecule has 6 nitrogen and oxygen atoms in total. The Morgan fingerprint density at radius 3 is 3.07 bits per heavy atom. The van der Waals surface area contributed by atoms with Gasteiger partial charge in [-0.25, -0.2) is 0 Å². The molecule has 2 unspecified atom stereocenters. The molecule has 0 bridgehead atoms. The molecule has 1 fully saturated rings. The third kappa shape index (κ3) is 3.52. The average Bonchev–Trinajstić information content (AvgIpc) is 3.04. The van der Waals surface area contributed by atoms with Crippen LogP contribution in [-0.2, 0) is 11.3 Å². The molecular formula is C20H20BN3O3. The number of ether oxygens (including phenoxy) is 1. The molecule has 1 aliphatic heterocycles. The van der Waals surface area contributed by atoms with Gasteiger partial charge in [-0.1, -0.05) is 30.4 Å². The number of aromatic nitrogens is 1. The minimum absolute atomic E-state index is 0.0590. The van der Waals surface area contributed by atoms with Gasteiger partial charge >= 0.3 is 7.12 Å². The minimum atomic E-state index is -0.891. The van der Waals surface area contributed by atoms with Crippen molar-refractivity contribution in [2.45, 2.75) is 19.1 Å². The van der Waals surface area contributed by atoms with Crippen LogP contribution in [0.25, 0.3) is 0 Å². The number of amidine groups is 1. The van der Waals surface area contributed by atoms with Gasteiger partial charge < -0.3 is 20.1 Å². The number of benzene rings is 1. The summed E-state index contributed by atoms with van der Waals surface area (Å²) in [7, 11) is -0.891. The number of pyridine rings is 1. The summed E-state index contributed by atoms with van der Waals surface area (Å²) in [6.45, 7) is 0.322. The fourth-order valence-electron chi connectivity index (χ4n) is 3.55. The number of fused-ring (bicyclic) bond motifs is 1. The maximum atomic E-state index is 10.2. The fourth-order valence-corrected chi connectivity index (χ4v) is 3.55. The summed E-state index contributed by atoms with van der Waals surface area (Å²) >= 11 is 0. The van der Waals surface area contributed by atoms with Crippen molar-refractivity contribution in [1.29, 1.82) is 5.41 Å². The fraction of sp³-hybridized carbons (Fsp3) is 0.200. The lowest BCUT2D eigenvalue weighted by molar-refractivity contribution is 0.167. The molecule has 2 aliphatic rings. The molecule has 2 heterocycles. The Labute approximate surface area is 158 Å². The van der Waals surface area contributed by atoms with Crippen molar-refractivity contribution >= 4 is 13.0 Å². The first kappa shape index (κ1) is 17.5. The summed E-state index contributed by atoms with van der Waals surface area (Å²) in [6.07, 6.45) is 9.93. The van der Waals surface area contributed by atoms with E-state index in [0.717, 1.165) is 23.0 Å². The molecule has 1 aromatic heterocycles. The highest BCUT2D eigenvalue weighted by Crippen LogP contribution is 2.44. The van der Waals surface area contributed by atoms with Gasteiger partial charge in [0, 0.05) is 23.9 Å². The molecule has 0 amide bonds. The van der Waals surface area contributed by atoms with Gasteiger partial charge in [-0.2, -0.15) is 0 Å². The Morgan fingerprint density at radius 1 is 1.41 bits per heavy atom. The number of nitrogens with zero attached hydrogens (tertiary/aromatic N) is 1. The quantitative estimate of drug-likeness (QED) is 0.432. The van der Waals surface area contributed by atoms with Crippen LogP contribution in [0.1, 0.15) is 29.2 Å². The molecule has 136 valence electrons. The van der Waals surface area contributed by atoms with Gasteiger partial charge in [0.05, 0.1) is 11.7 Å². The molecule has 0 radical (unpaired) electrons. The van der Waals surface area contributed by atoms with E-state index in [0.29, 0.717) is 17.9 Å². The molecule has 1 aliphatic carbocycles. The first-order valence-corrected chi connectivity index (χ1v) is 8.83. The second-order valence-corrected chi connectivity index (χ2v) is 6.67. The number of allylic oxidation sites excluding steroid dienone is 3. The topological polar surface area (TPSA) is 101 Å². The van der Waals surface area contributed by atoms with E-state index in [1.54, 1.807) is 18.5 Å². The summed E-state index contributed by atoms with van der Waals surface area (Å²) in [5.41, 5.74) is 8.96. The van der Waals surface area contributed by atoms with E-state index in [1.165, 1.54) is 0 Å². The Bertz CT molecular complexity index is 914. The normalized spacial score (nSPS) is 20.9. The second kappa shape index (κ2) is 7.38. The zero-order valence-electron chi connectivity index (χ0n) is 14.7. The van der Waals surface area contributed by atoms with Crippen LogP contribution < -0.4 is 10.5 Å². The largest absolute Gasteiger partial charge is 0.488 e. The van der Waals surface area contributed by atoms with Crippen molar-refractivity contribution in [3.8, 4) is 5.75 Å². The van der Waals surface area contributed by atoms with Crippen LogP contribution in [0.3, 0.4) is 0 Å². The molecule has 27 heavy (non-hydrogen) atoms. The highest BCUT2D eigenvalue weighted by atomic mass is 16.5. The van der Waals surface area contributed by atoms with Crippen LogP contribution in [0.5, 0.6) is 5.75 Å². The van der Waals surface area contributed by atoms with Crippen molar-refractivity contribution in [2.75, 3.05) is 0 Å². The van der Waals surface area contributed by atoms with Crippen molar-refractivity contribution in [1.82, 2.24) is 4.98 Å². The molecule has 4 rings (SSSR count). The van der Waals surface area contributed by atoms with Crippen LogP contribution >= 0.6 is 0 Å². The van der Waals surface area contributed by atoms with Gasteiger partial charge in [-0.05, 0) is 35.7 Å². The number of nitrogens with one attached hydrogen (secondary N) is 1. The van der Waals surface area contributed by atoms with Gasteiger partial charge in [0.15, 0.2) is 0 Å². The van der Waals surface area contributed by atoms with E-state index >= 15 is 0 Å². The zero-order chi connectivity index (χ0) is 18.8. The van der Waals surface area contributed by atoms with Crippen LogP contribution in [0.2, 0.25) is 0 Å². The van der Waals surface area contributed by atoms with E-state index in [9.17, 15) is 5.02 Å². The minimum Gasteiger partial charge on any atom is -0.488 e. The van der Waals surface area contributed by atoms with E-state index in [4.69, 9.17) is 20.5 Å². The second-order valence-electron chi connectivity index (χ2n) is 6.67. The average molecular weight is 361 g/mol. The Balaban J connectivity index is 1.62. The van der Waals surface area contributed by atoms with Crippen molar-refractivity contribution in [2.24, 2.45) is 11.7 Å². The molecule has 7 heteroatoms. The SMILES string of the molecule is N=C(N)c1ccc(C2OB(O)C3=CC=CCC32)cc1OCc1cccnc1. The van der Waals surface area contributed by atoms with Crippen molar-refractivity contribution < 1.29 is 14.4 Å². The van der Waals surface area contributed by atoms with Crippen LogP contribution in [0, 0.1) is 11.3 Å². The number of hydrogen-bond acceptors (Lipinski definition) is 5. The summed E-state index contributed by atoms with van der Waals surface area (Å²) in [6, 6.07) is 9.27. The molecule has 1 aromatic carbocycles. The third-order valence-electron chi connectivity index (χ3n) is 4.91. The van der Waals surface area contributed by atoms with Gasteiger partial charge in [0.25, 0.3) is 0 Å². The Kier molecular flexibility index (Phi) is 4.79.